The van der Waals surface area contributed by atoms with Crippen LogP contribution in [0.4, 0.5) is 5.69 Å². The van der Waals surface area contributed by atoms with E-state index in [2.05, 4.69) is 10.3 Å². The lowest BCUT2D eigenvalue weighted by atomic mass is 9.93. The van der Waals surface area contributed by atoms with Crippen molar-refractivity contribution in [2.45, 2.75) is 19.0 Å². The van der Waals surface area contributed by atoms with Crippen molar-refractivity contribution in [1.82, 2.24) is 9.88 Å². The average molecular weight is 450 g/mol. The number of carbonyl (C=O) groups is 2. The van der Waals surface area contributed by atoms with Crippen molar-refractivity contribution in [3.8, 4) is 0 Å². The first-order valence-corrected chi connectivity index (χ1v) is 11.1. The number of hydrogen-bond donors (Lipinski definition) is 1. The van der Waals surface area contributed by atoms with Gasteiger partial charge in [-0.3, -0.25) is 14.6 Å². The molecule has 1 aliphatic heterocycles. The summed E-state index contributed by atoms with van der Waals surface area (Å²) in [7, 11) is 0. The zero-order valence-corrected chi connectivity index (χ0v) is 18.4. The van der Waals surface area contributed by atoms with E-state index in [1.54, 1.807) is 23.2 Å². The van der Waals surface area contributed by atoms with Crippen LogP contribution in [0.25, 0.3) is 12.2 Å². The molecule has 4 aromatic rings. The van der Waals surface area contributed by atoms with Crippen molar-refractivity contribution in [3.63, 3.8) is 0 Å². The van der Waals surface area contributed by atoms with E-state index in [1.807, 2.05) is 78.9 Å². The predicted octanol–water partition coefficient (Wildman–Crippen LogP) is 5.05. The SMILES string of the molecule is O=C(Nc1cccc(/C=C/c2ccccn2)c1)C1Cc2ccccc2CN1C(=O)c1ccco1. The molecule has 34 heavy (non-hydrogen) atoms. The first-order valence-electron chi connectivity index (χ1n) is 11.1. The molecule has 0 saturated heterocycles. The van der Waals surface area contributed by atoms with Gasteiger partial charge in [-0.05, 0) is 59.2 Å². The van der Waals surface area contributed by atoms with Gasteiger partial charge in [0.1, 0.15) is 6.04 Å². The van der Waals surface area contributed by atoms with Crippen LogP contribution in [-0.2, 0) is 17.8 Å². The highest BCUT2D eigenvalue weighted by Gasteiger charge is 2.36. The number of anilines is 1. The average Bonchev–Trinajstić information content (AvgIpc) is 3.42. The van der Waals surface area contributed by atoms with Gasteiger partial charge in [0.05, 0.1) is 12.0 Å². The summed E-state index contributed by atoms with van der Waals surface area (Å²) >= 11 is 0. The number of rotatable bonds is 5. The highest BCUT2D eigenvalue weighted by Crippen LogP contribution is 2.26. The largest absolute Gasteiger partial charge is 0.459 e. The lowest BCUT2D eigenvalue weighted by Crippen LogP contribution is -2.50. The summed E-state index contributed by atoms with van der Waals surface area (Å²) in [6, 6.07) is 23.8. The maximum Gasteiger partial charge on any atom is 0.290 e. The molecule has 2 aromatic heterocycles. The van der Waals surface area contributed by atoms with Crippen LogP contribution in [0.5, 0.6) is 0 Å². The Bertz CT molecular complexity index is 1330. The van der Waals surface area contributed by atoms with Gasteiger partial charge in [-0.2, -0.15) is 0 Å². The quantitative estimate of drug-likeness (QED) is 0.463. The third-order valence-electron chi connectivity index (χ3n) is 5.83. The number of fused-ring (bicyclic) bond motifs is 1. The van der Waals surface area contributed by atoms with Gasteiger partial charge >= 0.3 is 0 Å². The molecule has 0 aliphatic carbocycles. The summed E-state index contributed by atoms with van der Waals surface area (Å²) < 4.78 is 5.33. The normalized spacial score (nSPS) is 15.2. The van der Waals surface area contributed by atoms with Gasteiger partial charge in [-0.1, -0.05) is 48.5 Å². The number of pyridine rings is 1. The highest BCUT2D eigenvalue weighted by atomic mass is 16.3. The molecule has 3 heterocycles. The molecule has 1 N–H and O–H groups in total. The molecule has 0 fully saturated rings. The van der Waals surface area contributed by atoms with Gasteiger partial charge < -0.3 is 14.6 Å². The summed E-state index contributed by atoms with van der Waals surface area (Å²) in [4.78, 5) is 32.4. The Labute approximate surface area is 197 Å². The van der Waals surface area contributed by atoms with E-state index in [9.17, 15) is 9.59 Å². The number of nitrogens with one attached hydrogen (secondary N) is 1. The Hall–Kier alpha value is -4.45. The second-order valence-corrected chi connectivity index (χ2v) is 8.10. The number of aromatic nitrogens is 1. The number of carbonyl (C=O) groups excluding carboxylic acids is 2. The second kappa shape index (κ2) is 9.58. The summed E-state index contributed by atoms with van der Waals surface area (Å²) in [6.07, 6.45) is 7.51. The third-order valence-corrected chi connectivity index (χ3v) is 5.83. The van der Waals surface area contributed by atoms with Crippen LogP contribution in [0, 0.1) is 0 Å². The van der Waals surface area contributed by atoms with Crippen molar-refractivity contribution in [1.29, 1.82) is 0 Å². The maximum atomic E-state index is 13.4. The van der Waals surface area contributed by atoms with E-state index in [4.69, 9.17) is 4.42 Å². The molecule has 1 unspecified atom stereocenters. The van der Waals surface area contributed by atoms with Gasteiger partial charge in [0.15, 0.2) is 5.76 Å². The third kappa shape index (κ3) is 4.66. The molecule has 6 heteroatoms. The molecule has 1 aliphatic rings. The lowest BCUT2D eigenvalue weighted by Gasteiger charge is -2.35. The van der Waals surface area contributed by atoms with E-state index >= 15 is 0 Å². The molecule has 2 aromatic carbocycles. The van der Waals surface area contributed by atoms with Crippen molar-refractivity contribution in [3.05, 3.63) is 119 Å². The standard InChI is InChI=1S/C28H23N3O3/c32-27(30-24-11-5-7-20(17-24)13-14-23-10-3-4-15-29-23)25-18-21-8-1-2-9-22(21)19-31(25)28(33)26-12-6-16-34-26/h1-17,25H,18-19H2,(H,30,32)/b14-13+. The molecule has 6 nitrogen and oxygen atoms in total. The monoisotopic (exact) mass is 449 g/mol. The number of nitrogens with zero attached hydrogens (tertiary/aromatic N) is 2. The fourth-order valence-electron chi connectivity index (χ4n) is 4.11. The van der Waals surface area contributed by atoms with E-state index in [0.29, 0.717) is 18.7 Å². The molecule has 0 saturated carbocycles. The smallest absolute Gasteiger partial charge is 0.290 e. The Kier molecular flexibility index (Phi) is 6.03. The van der Waals surface area contributed by atoms with Crippen molar-refractivity contribution in [2.75, 3.05) is 5.32 Å². The van der Waals surface area contributed by atoms with Crippen LogP contribution in [0.1, 0.15) is 32.9 Å². The van der Waals surface area contributed by atoms with E-state index < -0.39 is 6.04 Å². The molecule has 5 rings (SSSR count). The minimum Gasteiger partial charge on any atom is -0.459 e. The first kappa shape index (κ1) is 21.4. The molecule has 0 spiro atoms. The number of benzene rings is 2. The summed E-state index contributed by atoms with van der Waals surface area (Å²) in [5.41, 5.74) is 4.55. The van der Waals surface area contributed by atoms with Gasteiger partial charge in [0.25, 0.3) is 5.91 Å². The molecular formula is C28H23N3O3. The zero-order valence-electron chi connectivity index (χ0n) is 18.4. The fourth-order valence-corrected chi connectivity index (χ4v) is 4.11. The van der Waals surface area contributed by atoms with Crippen LogP contribution in [0.15, 0.2) is 95.7 Å². The van der Waals surface area contributed by atoms with Gasteiger partial charge in [-0.15, -0.1) is 0 Å². The highest BCUT2D eigenvalue weighted by molar-refractivity contribution is 6.00. The minimum atomic E-state index is -0.653. The predicted molar refractivity (Wildman–Crippen MR) is 131 cm³/mol. The summed E-state index contributed by atoms with van der Waals surface area (Å²) in [6.45, 7) is 0.348. The van der Waals surface area contributed by atoms with E-state index in [-0.39, 0.29) is 17.6 Å². The Morgan fingerprint density at radius 3 is 2.59 bits per heavy atom. The fraction of sp³-hybridized carbons (Fsp3) is 0.107. The van der Waals surface area contributed by atoms with Crippen molar-refractivity contribution in [2.24, 2.45) is 0 Å². The van der Waals surface area contributed by atoms with Crippen LogP contribution in [-0.4, -0.2) is 27.7 Å². The van der Waals surface area contributed by atoms with Crippen molar-refractivity contribution < 1.29 is 14.0 Å². The molecule has 1 atom stereocenters. The molecule has 0 bridgehead atoms. The summed E-state index contributed by atoms with van der Waals surface area (Å²) in [5.74, 6) is -0.314. The van der Waals surface area contributed by atoms with Gasteiger partial charge in [0, 0.05) is 24.8 Å². The molecule has 0 radical (unpaired) electrons. The van der Waals surface area contributed by atoms with E-state index in [0.717, 1.165) is 22.4 Å². The van der Waals surface area contributed by atoms with Crippen LogP contribution >= 0.6 is 0 Å². The Balaban J connectivity index is 1.37. The maximum absolute atomic E-state index is 13.4. The number of hydrogen-bond acceptors (Lipinski definition) is 4. The number of furan rings is 1. The van der Waals surface area contributed by atoms with Crippen LogP contribution in [0.2, 0.25) is 0 Å². The number of amides is 2. The van der Waals surface area contributed by atoms with Crippen molar-refractivity contribution >= 4 is 29.7 Å². The lowest BCUT2D eigenvalue weighted by molar-refractivity contribution is -0.121. The Morgan fingerprint density at radius 1 is 0.941 bits per heavy atom. The van der Waals surface area contributed by atoms with E-state index in [1.165, 1.54) is 6.26 Å². The van der Waals surface area contributed by atoms with Crippen LogP contribution < -0.4 is 5.32 Å². The first-order chi connectivity index (χ1) is 16.7. The van der Waals surface area contributed by atoms with Gasteiger partial charge in [-0.25, -0.2) is 0 Å². The zero-order chi connectivity index (χ0) is 23.3. The van der Waals surface area contributed by atoms with Gasteiger partial charge in [0.2, 0.25) is 5.91 Å². The second-order valence-electron chi connectivity index (χ2n) is 8.10. The minimum absolute atomic E-state index is 0.221. The van der Waals surface area contributed by atoms with Crippen LogP contribution in [0.3, 0.4) is 0 Å². The molecule has 168 valence electrons. The molecular weight excluding hydrogens is 426 g/mol. The molecule has 2 amide bonds. The Morgan fingerprint density at radius 2 is 1.79 bits per heavy atom. The topological polar surface area (TPSA) is 75.4 Å². The summed E-state index contributed by atoms with van der Waals surface area (Å²) in [5, 5.41) is 3.00.